The molecule has 0 aliphatic heterocycles. The van der Waals surface area contributed by atoms with E-state index in [1.807, 2.05) is 39.0 Å². The van der Waals surface area contributed by atoms with Gasteiger partial charge < -0.3 is 10.4 Å². The first-order valence-corrected chi connectivity index (χ1v) is 7.38. The molecule has 6 heteroatoms. The summed E-state index contributed by atoms with van der Waals surface area (Å²) in [6.45, 7) is 6.58. The van der Waals surface area contributed by atoms with E-state index in [1.54, 1.807) is 11.0 Å². The molecular formula is C16H22N4O2. The highest BCUT2D eigenvalue weighted by Crippen LogP contribution is 2.15. The molecule has 0 saturated carbocycles. The summed E-state index contributed by atoms with van der Waals surface area (Å²) in [5.74, 6) is -0.463. The maximum Gasteiger partial charge on any atom is 0.320 e. The molecule has 0 amide bonds. The van der Waals surface area contributed by atoms with Gasteiger partial charge in [0.1, 0.15) is 18.7 Å². The molecule has 0 saturated heterocycles. The highest BCUT2D eigenvalue weighted by molar-refractivity contribution is 5.73. The van der Waals surface area contributed by atoms with Gasteiger partial charge in [-0.3, -0.25) is 4.79 Å². The Labute approximate surface area is 130 Å². The predicted molar refractivity (Wildman–Crippen MR) is 83.8 cm³/mol. The van der Waals surface area contributed by atoms with Crippen LogP contribution in [0.15, 0.2) is 30.9 Å². The van der Waals surface area contributed by atoms with E-state index in [9.17, 15) is 9.90 Å². The zero-order valence-corrected chi connectivity index (χ0v) is 13.2. The first-order chi connectivity index (χ1) is 10.5. The summed E-state index contributed by atoms with van der Waals surface area (Å²) in [6, 6.07) is 5.47. The number of benzene rings is 1. The molecule has 0 fully saturated rings. The molecule has 6 nitrogen and oxygen atoms in total. The SMILES string of the molecule is Cc1cc(CN[C@@H](CC(C)C)C(=O)O)ccc1-n1cncn1. The molecule has 0 unspecified atom stereocenters. The fraction of sp³-hybridized carbons (Fsp3) is 0.438. The monoisotopic (exact) mass is 302 g/mol. The summed E-state index contributed by atoms with van der Waals surface area (Å²) in [5, 5.41) is 16.5. The second-order valence-electron chi connectivity index (χ2n) is 5.86. The lowest BCUT2D eigenvalue weighted by atomic mass is 10.0. The Morgan fingerprint density at radius 1 is 1.41 bits per heavy atom. The van der Waals surface area contributed by atoms with Crippen LogP contribution in [0.2, 0.25) is 0 Å². The minimum atomic E-state index is -0.801. The predicted octanol–water partition coefficient (Wildman–Crippen LogP) is 2.16. The topological polar surface area (TPSA) is 80.0 Å². The van der Waals surface area contributed by atoms with Gasteiger partial charge in [-0.15, -0.1) is 0 Å². The van der Waals surface area contributed by atoms with Gasteiger partial charge >= 0.3 is 5.97 Å². The Hall–Kier alpha value is -2.21. The highest BCUT2D eigenvalue weighted by atomic mass is 16.4. The maximum absolute atomic E-state index is 11.3. The summed E-state index contributed by atoms with van der Waals surface area (Å²) in [7, 11) is 0. The van der Waals surface area contributed by atoms with Crippen LogP contribution >= 0.6 is 0 Å². The number of hydrogen-bond donors (Lipinski definition) is 2. The third-order valence-corrected chi connectivity index (χ3v) is 3.48. The summed E-state index contributed by atoms with van der Waals surface area (Å²) >= 11 is 0. The van der Waals surface area contributed by atoms with Crippen molar-refractivity contribution in [1.82, 2.24) is 20.1 Å². The van der Waals surface area contributed by atoms with Gasteiger partial charge in [-0.1, -0.05) is 26.0 Å². The van der Waals surface area contributed by atoms with Crippen LogP contribution in [0.4, 0.5) is 0 Å². The average molecular weight is 302 g/mol. The van der Waals surface area contributed by atoms with E-state index in [2.05, 4.69) is 15.4 Å². The van der Waals surface area contributed by atoms with Crippen molar-refractivity contribution in [3.8, 4) is 5.69 Å². The molecule has 0 aliphatic rings. The lowest BCUT2D eigenvalue weighted by Gasteiger charge is -2.17. The molecule has 0 spiro atoms. The minimum absolute atomic E-state index is 0.338. The number of nitrogens with zero attached hydrogens (tertiary/aromatic N) is 3. The number of hydrogen-bond acceptors (Lipinski definition) is 4. The van der Waals surface area contributed by atoms with Crippen LogP contribution in [0.1, 0.15) is 31.4 Å². The smallest absolute Gasteiger partial charge is 0.320 e. The summed E-state index contributed by atoms with van der Waals surface area (Å²) in [6.07, 6.45) is 3.77. The number of nitrogens with one attached hydrogen (secondary N) is 1. The number of aliphatic carboxylic acids is 1. The van der Waals surface area contributed by atoms with Crippen LogP contribution in [-0.2, 0) is 11.3 Å². The number of rotatable bonds is 7. The fourth-order valence-corrected chi connectivity index (χ4v) is 2.40. The Kier molecular flexibility index (Phi) is 5.27. The molecule has 1 aromatic heterocycles. The van der Waals surface area contributed by atoms with Gasteiger partial charge in [-0.05, 0) is 36.5 Å². The molecule has 1 atom stereocenters. The van der Waals surface area contributed by atoms with E-state index >= 15 is 0 Å². The first kappa shape index (κ1) is 16.2. The lowest BCUT2D eigenvalue weighted by molar-refractivity contribution is -0.140. The molecule has 0 bridgehead atoms. The zero-order valence-electron chi connectivity index (χ0n) is 13.2. The third kappa shape index (κ3) is 4.14. The molecule has 1 heterocycles. The molecule has 1 aromatic carbocycles. The summed E-state index contributed by atoms with van der Waals surface area (Å²) in [5.41, 5.74) is 3.09. The molecule has 118 valence electrons. The first-order valence-electron chi connectivity index (χ1n) is 7.38. The standard InChI is InChI=1S/C16H22N4O2/c1-11(2)6-14(16(21)22)18-8-13-4-5-15(12(3)7-13)20-10-17-9-19-20/h4-5,7,9-11,14,18H,6,8H2,1-3H3,(H,21,22)/t14-/m0/s1. The van der Waals surface area contributed by atoms with Gasteiger partial charge in [-0.25, -0.2) is 9.67 Å². The summed E-state index contributed by atoms with van der Waals surface area (Å²) in [4.78, 5) is 15.2. The highest BCUT2D eigenvalue weighted by Gasteiger charge is 2.18. The van der Waals surface area contributed by atoms with E-state index in [1.165, 1.54) is 6.33 Å². The fourth-order valence-electron chi connectivity index (χ4n) is 2.40. The molecule has 2 rings (SSSR count). The number of carboxylic acid groups (broad SMARTS) is 1. The van der Waals surface area contributed by atoms with Crippen LogP contribution in [-0.4, -0.2) is 31.9 Å². The van der Waals surface area contributed by atoms with E-state index < -0.39 is 12.0 Å². The Morgan fingerprint density at radius 3 is 2.73 bits per heavy atom. The number of carboxylic acids is 1. The quantitative estimate of drug-likeness (QED) is 0.819. The van der Waals surface area contributed by atoms with Crippen molar-refractivity contribution in [3.05, 3.63) is 42.0 Å². The second-order valence-corrected chi connectivity index (χ2v) is 5.86. The van der Waals surface area contributed by atoms with Crippen molar-refractivity contribution in [2.75, 3.05) is 0 Å². The van der Waals surface area contributed by atoms with Crippen molar-refractivity contribution in [2.45, 2.75) is 39.8 Å². The van der Waals surface area contributed by atoms with Crippen molar-refractivity contribution in [3.63, 3.8) is 0 Å². The van der Waals surface area contributed by atoms with Gasteiger partial charge in [0.15, 0.2) is 0 Å². The van der Waals surface area contributed by atoms with E-state index in [0.29, 0.717) is 18.9 Å². The van der Waals surface area contributed by atoms with Crippen LogP contribution < -0.4 is 5.32 Å². The lowest BCUT2D eigenvalue weighted by Crippen LogP contribution is -2.37. The van der Waals surface area contributed by atoms with Crippen LogP contribution in [0.5, 0.6) is 0 Å². The summed E-state index contributed by atoms with van der Waals surface area (Å²) < 4.78 is 1.71. The Morgan fingerprint density at radius 2 is 2.18 bits per heavy atom. The zero-order chi connectivity index (χ0) is 16.1. The van der Waals surface area contributed by atoms with Crippen molar-refractivity contribution < 1.29 is 9.90 Å². The van der Waals surface area contributed by atoms with Gasteiger partial charge in [-0.2, -0.15) is 5.10 Å². The average Bonchev–Trinajstić information content (AvgIpc) is 2.96. The van der Waals surface area contributed by atoms with Crippen LogP contribution in [0.3, 0.4) is 0 Å². The maximum atomic E-state index is 11.3. The number of carbonyl (C=O) groups is 1. The van der Waals surface area contributed by atoms with Gasteiger partial charge in [0.05, 0.1) is 5.69 Å². The van der Waals surface area contributed by atoms with Gasteiger partial charge in [0, 0.05) is 6.54 Å². The van der Waals surface area contributed by atoms with Crippen LogP contribution in [0, 0.1) is 12.8 Å². The number of aromatic nitrogens is 3. The molecular weight excluding hydrogens is 280 g/mol. The number of aryl methyl sites for hydroxylation is 1. The van der Waals surface area contributed by atoms with E-state index in [-0.39, 0.29) is 0 Å². The second kappa shape index (κ2) is 7.17. The van der Waals surface area contributed by atoms with Gasteiger partial charge in [0.2, 0.25) is 0 Å². The Bertz CT molecular complexity index is 623. The van der Waals surface area contributed by atoms with E-state index in [0.717, 1.165) is 16.8 Å². The van der Waals surface area contributed by atoms with Crippen molar-refractivity contribution in [1.29, 1.82) is 0 Å². The van der Waals surface area contributed by atoms with Gasteiger partial charge in [0.25, 0.3) is 0 Å². The molecule has 0 aliphatic carbocycles. The Balaban J connectivity index is 2.04. The molecule has 22 heavy (non-hydrogen) atoms. The largest absolute Gasteiger partial charge is 0.480 e. The van der Waals surface area contributed by atoms with Crippen molar-refractivity contribution in [2.24, 2.45) is 5.92 Å². The van der Waals surface area contributed by atoms with Crippen LogP contribution in [0.25, 0.3) is 5.69 Å². The normalized spacial score (nSPS) is 12.5. The minimum Gasteiger partial charge on any atom is -0.480 e. The molecule has 2 N–H and O–H groups in total. The third-order valence-electron chi connectivity index (χ3n) is 3.48. The van der Waals surface area contributed by atoms with E-state index in [4.69, 9.17) is 0 Å². The van der Waals surface area contributed by atoms with Crippen molar-refractivity contribution >= 4 is 5.97 Å². The molecule has 2 aromatic rings. The molecule has 0 radical (unpaired) electrons.